The van der Waals surface area contributed by atoms with E-state index in [2.05, 4.69) is 15.7 Å². The lowest BCUT2D eigenvalue weighted by molar-refractivity contribution is -0.132. The Morgan fingerprint density at radius 1 is 1.06 bits per heavy atom. The summed E-state index contributed by atoms with van der Waals surface area (Å²) in [7, 11) is 1.54. The molecule has 1 aliphatic rings. The van der Waals surface area contributed by atoms with Crippen LogP contribution in [0.1, 0.15) is 46.0 Å². The average molecular weight is 494 g/mol. The van der Waals surface area contributed by atoms with Gasteiger partial charge in [0, 0.05) is 26.2 Å². The molecule has 9 nitrogen and oxygen atoms in total. The number of likely N-dealkylation sites (N-methyl/N-ethyl adjacent to an activating group) is 1. The number of carbonyl (C=O) groups is 3. The van der Waals surface area contributed by atoms with E-state index in [1.54, 1.807) is 26.1 Å². The van der Waals surface area contributed by atoms with E-state index in [0.29, 0.717) is 6.61 Å². The minimum Gasteiger partial charge on any atom is -0.494 e. The first kappa shape index (κ1) is 24.9. The Balaban J connectivity index is 1.43. The Hall–Kier alpha value is -4.21. The first-order valence-corrected chi connectivity index (χ1v) is 11.6. The van der Waals surface area contributed by atoms with Crippen molar-refractivity contribution in [1.29, 1.82) is 0 Å². The van der Waals surface area contributed by atoms with Gasteiger partial charge in [-0.05, 0) is 49.2 Å². The number of halogens is 1. The van der Waals surface area contributed by atoms with Gasteiger partial charge in [0.05, 0.1) is 13.2 Å². The van der Waals surface area contributed by atoms with E-state index in [-0.39, 0.29) is 42.7 Å². The first-order valence-electron chi connectivity index (χ1n) is 11.6. The van der Waals surface area contributed by atoms with Crippen molar-refractivity contribution in [3.05, 3.63) is 82.9 Å². The van der Waals surface area contributed by atoms with Crippen molar-refractivity contribution in [1.82, 2.24) is 25.3 Å². The fourth-order valence-electron chi connectivity index (χ4n) is 3.96. The molecule has 3 aromatic rings. The van der Waals surface area contributed by atoms with Crippen LogP contribution in [0.25, 0.3) is 0 Å². The molecule has 1 aliphatic heterocycles. The van der Waals surface area contributed by atoms with Crippen molar-refractivity contribution >= 4 is 17.7 Å². The molecule has 36 heavy (non-hydrogen) atoms. The molecule has 0 radical (unpaired) electrons. The van der Waals surface area contributed by atoms with Gasteiger partial charge in [-0.1, -0.05) is 24.3 Å². The maximum absolute atomic E-state index is 13.1. The van der Waals surface area contributed by atoms with Gasteiger partial charge in [0.2, 0.25) is 5.91 Å². The summed E-state index contributed by atoms with van der Waals surface area (Å²) in [5, 5.41) is 9.91. The van der Waals surface area contributed by atoms with Gasteiger partial charge in [0.25, 0.3) is 11.8 Å². The van der Waals surface area contributed by atoms with Crippen LogP contribution in [0.4, 0.5) is 4.39 Å². The minimum atomic E-state index is -1.23. The highest BCUT2D eigenvalue weighted by Crippen LogP contribution is 2.26. The van der Waals surface area contributed by atoms with Crippen molar-refractivity contribution in [3.8, 4) is 5.75 Å². The first-order chi connectivity index (χ1) is 17.2. The van der Waals surface area contributed by atoms with Crippen molar-refractivity contribution in [2.24, 2.45) is 0 Å². The third-order valence-corrected chi connectivity index (χ3v) is 6.28. The number of aromatic nitrogens is 2. The lowest BCUT2D eigenvalue weighted by Crippen LogP contribution is -2.62. The fraction of sp³-hybridized carbons (Fsp3) is 0.308. The number of carbonyl (C=O) groups excluding carboxylic acids is 3. The second-order valence-corrected chi connectivity index (χ2v) is 8.78. The quantitative estimate of drug-likeness (QED) is 0.502. The summed E-state index contributed by atoms with van der Waals surface area (Å²) in [6, 6.07) is 14.6. The molecule has 0 unspecified atom stereocenters. The average Bonchev–Trinajstić information content (AvgIpc) is 3.30. The number of nitrogens with one attached hydrogen (secondary N) is 2. The standard InChI is InChI=1S/C26H28FN5O4/c1-4-36-20-11-7-18(8-12-20)14-28-23(33)21-13-22-24(34)31(3)26(2,16-32(22)30-21)25(35)29-15-17-5-9-19(27)10-6-17/h5-13H,4,14-16H2,1-3H3,(H,28,33)(H,29,35)/t26-/m1/s1. The molecule has 1 atom stereocenters. The van der Waals surface area contributed by atoms with Gasteiger partial charge >= 0.3 is 0 Å². The third-order valence-electron chi connectivity index (χ3n) is 6.28. The van der Waals surface area contributed by atoms with Crippen LogP contribution in [0.3, 0.4) is 0 Å². The summed E-state index contributed by atoms with van der Waals surface area (Å²) in [5.41, 5.74) is 0.703. The van der Waals surface area contributed by atoms with E-state index in [9.17, 15) is 18.8 Å². The van der Waals surface area contributed by atoms with Gasteiger partial charge in [0.15, 0.2) is 5.69 Å². The summed E-state index contributed by atoms with van der Waals surface area (Å²) in [6.07, 6.45) is 0. The van der Waals surface area contributed by atoms with E-state index >= 15 is 0 Å². The van der Waals surface area contributed by atoms with Gasteiger partial charge in [-0.2, -0.15) is 5.10 Å². The van der Waals surface area contributed by atoms with E-state index in [1.807, 2.05) is 31.2 Å². The highest BCUT2D eigenvalue weighted by Gasteiger charge is 2.46. The molecule has 0 saturated heterocycles. The maximum atomic E-state index is 13.1. The molecule has 3 amide bonds. The Morgan fingerprint density at radius 3 is 2.31 bits per heavy atom. The van der Waals surface area contributed by atoms with Gasteiger partial charge in [-0.25, -0.2) is 4.39 Å². The minimum absolute atomic E-state index is 0.0754. The molecule has 1 aromatic heterocycles. The number of fused-ring (bicyclic) bond motifs is 1. The summed E-state index contributed by atoms with van der Waals surface area (Å²) >= 11 is 0. The predicted octanol–water partition coefficient (Wildman–Crippen LogP) is 2.51. The van der Waals surface area contributed by atoms with Crippen molar-refractivity contribution < 1.29 is 23.5 Å². The molecule has 2 heterocycles. The van der Waals surface area contributed by atoms with E-state index < -0.39 is 17.4 Å². The van der Waals surface area contributed by atoms with Gasteiger partial charge in [-0.15, -0.1) is 0 Å². The van der Waals surface area contributed by atoms with E-state index in [4.69, 9.17) is 4.74 Å². The largest absolute Gasteiger partial charge is 0.494 e. The summed E-state index contributed by atoms with van der Waals surface area (Å²) < 4.78 is 19.9. The zero-order valence-electron chi connectivity index (χ0n) is 20.4. The Morgan fingerprint density at radius 2 is 1.67 bits per heavy atom. The topological polar surface area (TPSA) is 106 Å². The zero-order valence-corrected chi connectivity index (χ0v) is 20.4. The van der Waals surface area contributed by atoms with Crippen LogP contribution in [0, 0.1) is 5.82 Å². The van der Waals surface area contributed by atoms with Crippen LogP contribution in [0.2, 0.25) is 0 Å². The lowest BCUT2D eigenvalue weighted by Gasteiger charge is -2.40. The molecule has 0 bridgehead atoms. The van der Waals surface area contributed by atoms with Crippen LogP contribution in [-0.4, -0.2) is 51.6 Å². The van der Waals surface area contributed by atoms with Crippen LogP contribution in [0.15, 0.2) is 54.6 Å². The van der Waals surface area contributed by atoms with Gasteiger partial charge in [-0.3, -0.25) is 19.1 Å². The van der Waals surface area contributed by atoms with Crippen molar-refractivity contribution in [3.63, 3.8) is 0 Å². The molecule has 4 rings (SSSR count). The SMILES string of the molecule is CCOc1ccc(CNC(=O)c2cc3n(n2)C[C@](C)(C(=O)NCc2ccc(F)cc2)N(C)C3=O)cc1. The summed E-state index contributed by atoms with van der Waals surface area (Å²) in [5.74, 6) is -0.838. The monoisotopic (exact) mass is 493 g/mol. The molecule has 0 aliphatic carbocycles. The second kappa shape index (κ2) is 10.2. The van der Waals surface area contributed by atoms with Gasteiger partial charge < -0.3 is 20.3 Å². The number of ether oxygens (including phenoxy) is 1. The maximum Gasteiger partial charge on any atom is 0.272 e. The fourth-order valence-corrected chi connectivity index (χ4v) is 3.96. The van der Waals surface area contributed by atoms with Gasteiger partial charge in [0.1, 0.15) is 22.8 Å². The molecule has 0 spiro atoms. The Kier molecular flexibility index (Phi) is 7.05. The molecular formula is C26H28FN5O4. The summed E-state index contributed by atoms with van der Waals surface area (Å²) in [6.45, 7) is 4.66. The second-order valence-electron chi connectivity index (χ2n) is 8.78. The third kappa shape index (κ3) is 5.07. The van der Waals surface area contributed by atoms with Crippen LogP contribution < -0.4 is 15.4 Å². The number of rotatable bonds is 8. The number of amides is 3. The van der Waals surface area contributed by atoms with Crippen molar-refractivity contribution in [2.75, 3.05) is 13.7 Å². The zero-order chi connectivity index (χ0) is 25.9. The smallest absolute Gasteiger partial charge is 0.272 e. The number of hydrogen-bond acceptors (Lipinski definition) is 5. The molecule has 188 valence electrons. The molecule has 2 N–H and O–H groups in total. The molecule has 10 heteroatoms. The van der Waals surface area contributed by atoms with E-state index in [0.717, 1.165) is 16.9 Å². The van der Waals surface area contributed by atoms with E-state index in [1.165, 1.54) is 27.8 Å². The Labute approximate surface area is 208 Å². The van der Waals surface area contributed by atoms with Crippen molar-refractivity contribution in [2.45, 2.75) is 39.0 Å². The Bertz CT molecular complexity index is 1270. The predicted molar refractivity (Wildman–Crippen MR) is 130 cm³/mol. The molecule has 0 saturated carbocycles. The lowest BCUT2D eigenvalue weighted by atomic mass is 9.96. The van der Waals surface area contributed by atoms with Crippen LogP contribution in [-0.2, 0) is 24.4 Å². The summed E-state index contributed by atoms with van der Waals surface area (Å²) in [4.78, 5) is 40.2. The number of hydrogen-bond donors (Lipinski definition) is 2. The highest BCUT2D eigenvalue weighted by molar-refractivity contribution is 6.01. The molecule has 2 aromatic carbocycles. The molecule has 0 fully saturated rings. The molecular weight excluding hydrogens is 465 g/mol. The van der Waals surface area contributed by atoms with Crippen LogP contribution >= 0.6 is 0 Å². The van der Waals surface area contributed by atoms with Crippen LogP contribution in [0.5, 0.6) is 5.75 Å². The highest BCUT2D eigenvalue weighted by atomic mass is 19.1. The number of nitrogens with zero attached hydrogens (tertiary/aromatic N) is 3. The normalized spacial score (nSPS) is 16.9. The number of benzene rings is 2.